The highest BCUT2D eigenvalue weighted by atomic mass is 16.5. The van der Waals surface area contributed by atoms with Gasteiger partial charge in [0, 0.05) is 12.6 Å². The van der Waals surface area contributed by atoms with Crippen LogP contribution in [0.1, 0.15) is 49.1 Å². The lowest BCUT2D eigenvalue weighted by molar-refractivity contribution is 0.153. The van der Waals surface area contributed by atoms with Gasteiger partial charge in [0.1, 0.15) is 5.75 Å². The molecule has 1 aliphatic rings. The van der Waals surface area contributed by atoms with E-state index in [1.165, 1.54) is 42.6 Å². The van der Waals surface area contributed by atoms with E-state index in [4.69, 9.17) is 9.84 Å². The van der Waals surface area contributed by atoms with Gasteiger partial charge in [0.2, 0.25) is 0 Å². The average Bonchev–Trinajstić information content (AvgIpc) is 2.48. The number of ether oxygens (including phenoxy) is 1. The van der Waals surface area contributed by atoms with Gasteiger partial charge in [-0.05, 0) is 30.4 Å². The van der Waals surface area contributed by atoms with E-state index in [2.05, 4.69) is 12.1 Å². The van der Waals surface area contributed by atoms with E-state index in [9.17, 15) is 4.79 Å². The van der Waals surface area contributed by atoms with E-state index in [-0.39, 0.29) is 0 Å². The predicted molar refractivity (Wildman–Crippen MR) is 78.3 cm³/mol. The van der Waals surface area contributed by atoms with Crippen LogP contribution in [-0.4, -0.2) is 30.3 Å². The normalized spacial score (nSPS) is 15.9. The van der Waals surface area contributed by atoms with Gasteiger partial charge in [-0.1, -0.05) is 31.4 Å². The number of amides is 1. The molecule has 1 aromatic carbocycles. The van der Waals surface area contributed by atoms with Crippen LogP contribution in [0.15, 0.2) is 18.2 Å². The van der Waals surface area contributed by atoms with E-state index in [1.54, 1.807) is 14.2 Å². The summed E-state index contributed by atoms with van der Waals surface area (Å²) >= 11 is 0. The molecule has 110 valence electrons. The smallest absolute Gasteiger partial charge is 0.407 e. The van der Waals surface area contributed by atoms with Crippen LogP contribution in [0.2, 0.25) is 0 Å². The summed E-state index contributed by atoms with van der Waals surface area (Å²) in [5.41, 5.74) is 2.24. The zero-order valence-electron chi connectivity index (χ0n) is 12.3. The largest absolute Gasteiger partial charge is 0.496 e. The number of hydrogen-bond acceptors (Lipinski definition) is 2. The Labute approximate surface area is 120 Å². The van der Waals surface area contributed by atoms with Gasteiger partial charge in [-0.25, -0.2) is 4.79 Å². The maximum atomic E-state index is 10.9. The molecule has 20 heavy (non-hydrogen) atoms. The highest BCUT2D eigenvalue weighted by Gasteiger charge is 2.18. The van der Waals surface area contributed by atoms with Crippen LogP contribution in [0, 0.1) is 0 Å². The van der Waals surface area contributed by atoms with Crippen molar-refractivity contribution in [1.82, 2.24) is 4.90 Å². The molecule has 0 unspecified atom stereocenters. The Bertz CT molecular complexity index is 467. The van der Waals surface area contributed by atoms with E-state index in [0.717, 1.165) is 11.3 Å². The van der Waals surface area contributed by atoms with Crippen molar-refractivity contribution in [2.45, 2.75) is 44.6 Å². The number of carbonyl (C=O) groups is 1. The summed E-state index contributed by atoms with van der Waals surface area (Å²) in [6.45, 7) is 0.351. The van der Waals surface area contributed by atoms with Crippen LogP contribution in [0.3, 0.4) is 0 Å². The van der Waals surface area contributed by atoms with Gasteiger partial charge in [0.25, 0.3) is 0 Å². The van der Waals surface area contributed by atoms with Crippen molar-refractivity contribution in [2.75, 3.05) is 14.2 Å². The van der Waals surface area contributed by atoms with Crippen molar-refractivity contribution in [3.63, 3.8) is 0 Å². The number of carboxylic acid groups (broad SMARTS) is 1. The molecule has 0 saturated heterocycles. The molecule has 0 aliphatic heterocycles. The molecule has 1 saturated carbocycles. The van der Waals surface area contributed by atoms with E-state index in [0.29, 0.717) is 12.5 Å². The molecular formula is C16H23NO3. The highest BCUT2D eigenvalue weighted by molar-refractivity contribution is 5.64. The summed E-state index contributed by atoms with van der Waals surface area (Å²) in [6, 6.07) is 6.22. The summed E-state index contributed by atoms with van der Waals surface area (Å²) < 4.78 is 5.44. The van der Waals surface area contributed by atoms with Gasteiger partial charge in [0.05, 0.1) is 13.7 Å². The van der Waals surface area contributed by atoms with E-state index in [1.807, 2.05) is 6.07 Å². The second-order valence-corrected chi connectivity index (χ2v) is 5.54. The van der Waals surface area contributed by atoms with Crippen molar-refractivity contribution < 1.29 is 14.6 Å². The molecule has 1 amide bonds. The first kappa shape index (κ1) is 14.7. The lowest BCUT2D eigenvalue weighted by Crippen LogP contribution is -2.24. The Kier molecular flexibility index (Phi) is 4.88. The Hall–Kier alpha value is -1.71. The van der Waals surface area contributed by atoms with Crippen LogP contribution in [0.5, 0.6) is 5.75 Å². The van der Waals surface area contributed by atoms with Crippen LogP contribution in [-0.2, 0) is 6.54 Å². The predicted octanol–water partition coefficient (Wildman–Crippen LogP) is 3.85. The third-order valence-electron chi connectivity index (χ3n) is 4.12. The lowest BCUT2D eigenvalue weighted by Gasteiger charge is -2.23. The van der Waals surface area contributed by atoms with Crippen molar-refractivity contribution in [2.24, 2.45) is 0 Å². The van der Waals surface area contributed by atoms with Crippen LogP contribution < -0.4 is 4.74 Å². The maximum Gasteiger partial charge on any atom is 0.407 e. The Morgan fingerprint density at radius 2 is 2.05 bits per heavy atom. The molecule has 0 heterocycles. The van der Waals surface area contributed by atoms with Gasteiger partial charge in [0.15, 0.2) is 0 Å². The fraction of sp³-hybridized carbons (Fsp3) is 0.562. The molecule has 0 aromatic heterocycles. The molecule has 0 atom stereocenters. The first-order valence-corrected chi connectivity index (χ1v) is 7.22. The van der Waals surface area contributed by atoms with Crippen LogP contribution >= 0.6 is 0 Å². The van der Waals surface area contributed by atoms with E-state index >= 15 is 0 Å². The molecule has 2 rings (SSSR count). The minimum atomic E-state index is -0.927. The maximum absolute atomic E-state index is 10.9. The first-order valence-electron chi connectivity index (χ1n) is 7.22. The van der Waals surface area contributed by atoms with Crippen LogP contribution in [0.25, 0.3) is 0 Å². The molecule has 0 spiro atoms. The molecule has 1 aromatic rings. The van der Waals surface area contributed by atoms with Crippen LogP contribution in [0.4, 0.5) is 4.79 Å². The Balaban J connectivity index is 2.16. The minimum Gasteiger partial charge on any atom is -0.496 e. The molecule has 0 radical (unpaired) electrons. The van der Waals surface area contributed by atoms with Gasteiger partial charge in [-0.15, -0.1) is 0 Å². The van der Waals surface area contributed by atoms with Crippen molar-refractivity contribution in [1.29, 1.82) is 0 Å². The molecule has 4 heteroatoms. The third-order valence-corrected chi connectivity index (χ3v) is 4.12. The average molecular weight is 277 g/mol. The summed E-state index contributed by atoms with van der Waals surface area (Å²) in [5, 5.41) is 8.95. The van der Waals surface area contributed by atoms with Gasteiger partial charge in [-0.2, -0.15) is 0 Å². The second-order valence-electron chi connectivity index (χ2n) is 5.54. The highest BCUT2D eigenvalue weighted by Crippen LogP contribution is 2.35. The number of nitrogens with zero attached hydrogens (tertiary/aromatic N) is 1. The third kappa shape index (κ3) is 3.44. The van der Waals surface area contributed by atoms with Gasteiger partial charge in [-0.3, -0.25) is 0 Å². The fourth-order valence-corrected chi connectivity index (χ4v) is 2.90. The summed E-state index contributed by atoms with van der Waals surface area (Å²) in [4.78, 5) is 12.2. The minimum absolute atomic E-state index is 0.351. The molecule has 4 nitrogen and oxygen atoms in total. The Morgan fingerprint density at radius 1 is 1.35 bits per heavy atom. The van der Waals surface area contributed by atoms with E-state index < -0.39 is 6.09 Å². The molecular weight excluding hydrogens is 254 g/mol. The van der Waals surface area contributed by atoms with Crippen molar-refractivity contribution in [3.8, 4) is 5.75 Å². The first-order chi connectivity index (χ1) is 9.61. The lowest BCUT2D eigenvalue weighted by atomic mass is 9.84. The zero-order chi connectivity index (χ0) is 14.5. The summed E-state index contributed by atoms with van der Waals surface area (Å²) in [5.74, 6) is 1.42. The topological polar surface area (TPSA) is 49.8 Å². The second kappa shape index (κ2) is 6.64. The molecule has 1 aliphatic carbocycles. The van der Waals surface area contributed by atoms with Crippen molar-refractivity contribution in [3.05, 3.63) is 29.3 Å². The number of rotatable bonds is 4. The number of methoxy groups -OCH3 is 1. The van der Waals surface area contributed by atoms with Gasteiger partial charge < -0.3 is 14.7 Å². The summed E-state index contributed by atoms with van der Waals surface area (Å²) in [7, 11) is 3.21. The quantitative estimate of drug-likeness (QED) is 0.909. The number of hydrogen-bond donors (Lipinski definition) is 1. The standard InChI is InChI=1S/C16H23NO3/c1-17(16(18)19)11-14-9-8-13(10-15(14)20-2)12-6-4-3-5-7-12/h8-10,12H,3-7,11H2,1-2H3,(H,18,19). The summed E-state index contributed by atoms with van der Waals surface area (Å²) in [6.07, 6.45) is 5.51. The zero-order valence-corrected chi connectivity index (χ0v) is 12.3. The molecule has 1 N–H and O–H groups in total. The SMILES string of the molecule is COc1cc(C2CCCCC2)ccc1CN(C)C(=O)O. The van der Waals surface area contributed by atoms with Gasteiger partial charge >= 0.3 is 6.09 Å². The van der Waals surface area contributed by atoms with Crippen molar-refractivity contribution >= 4 is 6.09 Å². The fourth-order valence-electron chi connectivity index (χ4n) is 2.90. The monoisotopic (exact) mass is 277 g/mol. The molecule has 1 fully saturated rings. The number of benzene rings is 1. The Morgan fingerprint density at radius 3 is 2.65 bits per heavy atom. The molecule has 0 bridgehead atoms.